The summed E-state index contributed by atoms with van der Waals surface area (Å²) in [6.07, 6.45) is -3.44. The lowest BCUT2D eigenvalue weighted by Crippen LogP contribution is -2.40. The molecule has 3 rings (SSSR count). The molecule has 1 fully saturated rings. The number of fused-ring (bicyclic) bond motifs is 1. The van der Waals surface area contributed by atoms with Crippen LogP contribution in [0.1, 0.15) is 59.6 Å². The van der Waals surface area contributed by atoms with E-state index in [1.165, 1.54) is 17.9 Å². The Morgan fingerprint density at radius 2 is 1.85 bits per heavy atom. The maximum atomic E-state index is 12.9. The van der Waals surface area contributed by atoms with Crippen molar-refractivity contribution in [3.8, 4) is 0 Å². The van der Waals surface area contributed by atoms with Gasteiger partial charge in [-0.05, 0) is 26.2 Å². The first kappa shape index (κ1) is 26.7. The van der Waals surface area contributed by atoms with Crippen molar-refractivity contribution in [2.24, 2.45) is 7.05 Å². The van der Waals surface area contributed by atoms with Gasteiger partial charge in [0.2, 0.25) is 5.95 Å². The highest BCUT2D eigenvalue weighted by molar-refractivity contribution is 7.54. The van der Waals surface area contributed by atoms with Crippen LogP contribution in [0.3, 0.4) is 0 Å². The minimum atomic E-state index is -4.48. The summed E-state index contributed by atoms with van der Waals surface area (Å²) in [5, 5.41) is 30.1. The van der Waals surface area contributed by atoms with Gasteiger partial charge in [-0.25, -0.2) is 4.98 Å². The highest BCUT2D eigenvalue weighted by Crippen LogP contribution is 2.60. The number of anilines is 1. The third kappa shape index (κ3) is 4.41. The van der Waals surface area contributed by atoms with Crippen LogP contribution in [0.15, 0.2) is 11.1 Å². The minimum Gasteiger partial charge on any atom is -0.388 e. The quantitative estimate of drug-likeness (QED) is 0.301. The number of aliphatic hydroxyl groups excluding tert-OH is 2. The molecule has 1 saturated heterocycles. The maximum absolute atomic E-state index is 12.9. The second kappa shape index (κ2) is 9.30. The van der Waals surface area contributed by atoms with E-state index < -0.39 is 48.6 Å². The second-order valence-corrected chi connectivity index (χ2v) is 11.1. The molecule has 6 N–H and O–H groups in total. The van der Waals surface area contributed by atoms with Gasteiger partial charge in [0.05, 0.1) is 18.0 Å². The van der Waals surface area contributed by atoms with Crippen molar-refractivity contribution in [2.75, 3.05) is 5.73 Å². The molecule has 2 unspecified atom stereocenters. The molecule has 2 aromatic rings. The van der Waals surface area contributed by atoms with Crippen LogP contribution in [0, 0.1) is 0 Å². The Morgan fingerprint density at radius 3 is 2.41 bits per heavy atom. The molecule has 0 aromatic carbocycles. The van der Waals surface area contributed by atoms with E-state index in [-0.39, 0.29) is 42.8 Å². The van der Waals surface area contributed by atoms with Gasteiger partial charge in [0.15, 0.2) is 22.7 Å². The fourth-order valence-corrected chi connectivity index (χ4v) is 5.85. The van der Waals surface area contributed by atoms with Gasteiger partial charge in [-0.15, -0.1) is 0 Å². The van der Waals surface area contributed by atoms with Crippen LogP contribution >= 0.6 is 7.60 Å². The number of nitrogens with two attached hydrogens (primary N) is 1. The monoisotopic (exact) mass is 503 g/mol. The number of nitrogen functional groups attached to an aromatic ring is 1. The molecule has 0 aliphatic carbocycles. The molecule has 2 aromatic heterocycles. The summed E-state index contributed by atoms with van der Waals surface area (Å²) < 4.78 is 26.9. The maximum Gasteiger partial charge on any atom is 0.359 e. The topological polar surface area (TPSA) is 195 Å². The van der Waals surface area contributed by atoms with Crippen LogP contribution in [0.5, 0.6) is 0 Å². The summed E-state index contributed by atoms with van der Waals surface area (Å²) in [6.45, 7) is 6.49. The first-order chi connectivity index (χ1) is 15.7. The summed E-state index contributed by atoms with van der Waals surface area (Å²) >= 11 is 0. The summed E-state index contributed by atoms with van der Waals surface area (Å²) in [6, 6.07) is 0. The second-order valence-electron chi connectivity index (χ2n) is 9.01. The Morgan fingerprint density at radius 1 is 1.24 bits per heavy atom. The van der Waals surface area contributed by atoms with E-state index in [0.717, 1.165) is 4.57 Å². The zero-order valence-corrected chi connectivity index (χ0v) is 20.8. The van der Waals surface area contributed by atoms with Crippen molar-refractivity contribution in [3.05, 3.63) is 16.7 Å². The number of hydrogen-bond acceptors (Lipinski definition) is 10. The Bertz CT molecular complexity index is 1150. The number of aliphatic hydroxyl groups is 3. The summed E-state index contributed by atoms with van der Waals surface area (Å²) in [7, 11) is -3.02. The average Bonchev–Trinajstić information content (AvgIpc) is 3.32. The van der Waals surface area contributed by atoms with Gasteiger partial charge in [-0.1, -0.05) is 20.8 Å². The first-order valence-corrected chi connectivity index (χ1v) is 12.8. The fourth-order valence-electron chi connectivity index (χ4n) is 4.08. The van der Waals surface area contributed by atoms with Crippen molar-refractivity contribution in [2.45, 2.75) is 88.9 Å². The van der Waals surface area contributed by atoms with Crippen LogP contribution in [0.4, 0.5) is 5.95 Å². The largest absolute Gasteiger partial charge is 0.388 e. The van der Waals surface area contributed by atoms with E-state index in [9.17, 15) is 29.6 Å². The van der Waals surface area contributed by atoms with Crippen molar-refractivity contribution >= 4 is 24.7 Å². The standard InChI is InChI=1S/C20H34N5O8P/c1-6-19(4,33-34(30,31)20(29,7-2)8-3)9-11-13(26)14(27)17(32-11)25-10-22-12-15(25)23-18(21)24(5)16(12)28/h10-11,13-14,17,26-27,29H,6-9H2,1-5H3,(H2,21,23)(H,30,31)/t11-,13-,14-,17-,19?/m1/s1. The van der Waals surface area contributed by atoms with E-state index in [0.29, 0.717) is 0 Å². The van der Waals surface area contributed by atoms with Gasteiger partial charge < -0.3 is 35.2 Å². The zero-order valence-electron chi connectivity index (χ0n) is 20.0. The number of nitrogens with zero attached hydrogens (tertiary/aromatic N) is 4. The number of imidazole rings is 1. The van der Waals surface area contributed by atoms with Crippen LogP contribution in [-0.2, 0) is 20.9 Å². The lowest BCUT2D eigenvalue weighted by molar-refractivity contribution is -0.0696. The fraction of sp³-hybridized carbons (Fsp3) is 0.750. The Hall–Kier alpha value is -1.86. The van der Waals surface area contributed by atoms with Crippen molar-refractivity contribution in [3.63, 3.8) is 0 Å². The molecule has 14 heteroatoms. The molecule has 0 saturated carbocycles. The van der Waals surface area contributed by atoms with Gasteiger partial charge in [0.25, 0.3) is 5.56 Å². The van der Waals surface area contributed by atoms with Gasteiger partial charge in [0, 0.05) is 13.5 Å². The molecule has 0 radical (unpaired) electrons. The number of aromatic nitrogens is 4. The Kier molecular flexibility index (Phi) is 7.32. The molecule has 192 valence electrons. The van der Waals surface area contributed by atoms with E-state index in [1.54, 1.807) is 27.7 Å². The molecule has 1 aliphatic rings. The summed E-state index contributed by atoms with van der Waals surface area (Å²) in [4.78, 5) is 31.2. The lowest BCUT2D eigenvalue weighted by atomic mass is 9.93. The van der Waals surface area contributed by atoms with Crippen LogP contribution in [-0.4, -0.2) is 68.6 Å². The molecular formula is C20H34N5O8P. The van der Waals surface area contributed by atoms with Crippen molar-refractivity contribution in [1.29, 1.82) is 0 Å². The third-order valence-corrected chi connectivity index (χ3v) is 9.21. The molecule has 34 heavy (non-hydrogen) atoms. The van der Waals surface area contributed by atoms with E-state index in [4.69, 9.17) is 15.0 Å². The molecule has 0 amide bonds. The lowest BCUT2D eigenvalue weighted by Gasteiger charge is -2.38. The zero-order chi connectivity index (χ0) is 25.6. The number of hydrogen-bond donors (Lipinski definition) is 5. The SMILES string of the molecule is CCC(C)(C[C@H]1O[C@@H](n2cnc3c(=O)n(C)c(N)nc32)[C@H](O)[C@@H]1O)OP(=O)(O)C(O)(CC)CC. The predicted octanol–water partition coefficient (Wildman–Crippen LogP) is 0.601. The highest BCUT2D eigenvalue weighted by Gasteiger charge is 2.51. The average molecular weight is 503 g/mol. The van der Waals surface area contributed by atoms with Crippen molar-refractivity contribution < 1.29 is 34.0 Å². The molecule has 0 spiro atoms. The molecular weight excluding hydrogens is 469 g/mol. The van der Waals surface area contributed by atoms with Gasteiger partial charge in [-0.3, -0.25) is 18.5 Å². The number of rotatable bonds is 9. The Labute approximate surface area is 196 Å². The molecule has 1 aliphatic heterocycles. The van der Waals surface area contributed by atoms with Crippen LogP contribution in [0.2, 0.25) is 0 Å². The van der Waals surface area contributed by atoms with Crippen LogP contribution < -0.4 is 11.3 Å². The van der Waals surface area contributed by atoms with Crippen LogP contribution in [0.25, 0.3) is 11.2 Å². The van der Waals surface area contributed by atoms with E-state index >= 15 is 0 Å². The van der Waals surface area contributed by atoms with Gasteiger partial charge in [-0.2, -0.15) is 4.98 Å². The third-order valence-electron chi connectivity index (χ3n) is 6.83. The predicted molar refractivity (Wildman–Crippen MR) is 123 cm³/mol. The molecule has 0 bridgehead atoms. The summed E-state index contributed by atoms with van der Waals surface area (Å²) in [5.41, 5.74) is 4.16. The molecule has 13 nitrogen and oxygen atoms in total. The smallest absolute Gasteiger partial charge is 0.359 e. The van der Waals surface area contributed by atoms with Gasteiger partial charge in [0.1, 0.15) is 12.2 Å². The van der Waals surface area contributed by atoms with Crippen molar-refractivity contribution in [1.82, 2.24) is 19.1 Å². The molecule has 3 heterocycles. The van der Waals surface area contributed by atoms with Gasteiger partial charge >= 0.3 is 7.60 Å². The van der Waals surface area contributed by atoms with E-state index in [2.05, 4.69) is 9.97 Å². The normalized spacial score (nSPS) is 27.1. The Balaban J connectivity index is 1.88. The highest BCUT2D eigenvalue weighted by atomic mass is 31.2. The first-order valence-electron chi connectivity index (χ1n) is 11.2. The summed E-state index contributed by atoms with van der Waals surface area (Å²) in [5.74, 6) is -0.0613. The number of ether oxygens (including phenoxy) is 1. The van der Waals surface area contributed by atoms with E-state index in [1.807, 2.05) is 0 Å². The molecule has 6 atom stereocenters. The minimum absolute atomic E-state index is 0.0176.